The molecule has 0 radical (unpaired) electrons. The van der Waals surface area contributed by atoms with Gasteiger partial charge in [0, 0.05) is 51.2 Å². The molecule has 1 aliphatic carbocycles. The first-order valence-corrected chi connectivity index (χ1v) is 8.94. The summed E-state index contributed by atoms with van der Waals surface area (Å²) in [6.45, 7) is 6.27. The number of carbonyl (C=O) groups excluding carboxylic acids is 1. The van der Waals surface area contributed by atoms with Gasteiger partial charge in [-0.3, -0.25) is 4.79 Å². The van der Waals surface area contributed by atoms with Gasteiger partial charge < -0.3 is 14.5 Å². The molecule has 21 heavy (non-hydrogen) atoms. The van der Waals surface area contributed by atoms with Gasteiger partial charge in [-0.15, -0.1) is 0 Å². The molecular formula is C17H28N2O2. The summed E-state index contributed by atoms with van der Waals surface area (Å²) < 4.78 is 6.00. The number of amides is 1. The van der Waals surface area contributed by atoms with Crippen LogP contribution in [0.15, 0.2) is 0 Å². The van der Waals surface area contributed by atoms with Crippen LogP contribution >= 0.6 is 0 Å². The van der Waals surface area contributed by atoms with Crippen LogP contribution in [0.2, 0.25) is 0 Å². The third kappa shape index (κ3) is 2.98. The zero-order valence-electron chi connectivity index (χ0n) is 13.0. The summed E-state index contributed by atoms with van der Waals surface area (Å²) in [6.07, 6.45) is 7.61. The molecule has 3 atom stereocenters. The Balaban J connectivity index is 1.43. The molecular weight excluding hydrogens is 264 g/mol. The first kappa shape index (κ1) is 14.0. The number of carbonyl (C=O) groups is 1. The van der Waals surface area contributed by atoms with Gasteiger partial charge in [-0.1, -0.05) is 0 Å². The van der Waals surface area contributed by atoms with Crippen LogP contribution in [0.3, 0.4) is 0 Å². The SMILES string of the molecule is O=C([C@@H]1CCO[C@@H]2CCN(CC3CC3)C[C@H]21)N1CCCC1. The van der Waals surface area contributed by atoms with Crippen molar-refractivity contribution in [1.29, 1.82) is 0 Å². The van der Waals surface area contributed by atoms with E-state index in [9.17, 15) is 4.79 Å². The maximum absolute atomic E-state index is 12.8. The zero-order chi connectivity index (χ0) is 14.2. The average molecular weight is 292 g/mol. The highest BCUT2D eigenvalue weighted by Crippen LogP contribution is 2.37. The lowest BCUT2D eigenvalue weighted by molar-refractivity contribution is -0.150. The van der Waals surface area contributed by atoms with Gasteiger partial charge in [0.2, 0.25) is 5.91 Å². The van der Waals surface area contributed by atoms with Gasteiger partial charge in [-0.05, 0) is 44.4 Å². The smallest absolute Gasteiger partial charge is 0.226 e. The molecule has 0 bridgehead atoms. The lowest BCUT2D eigenvalue weighted by atomic mass is 9.78. The quantitative estimate of drug-likeness (QED) is 0.794. The minimum atomic E-state index is 0.226. The molecule has 3 heterocycles. The van der Waals surface area contributed by atoms with Gasteiger partial charge >= 0.3 is 0 Å². The van der Waals surface area contributed by atoms with Crippen molar-refractivity contribution in [3.8, 4) is 0 Å². The van der Waals surface area contributed by atoms with Crippen LogP contribution in [-0.2, 0) is 9.53 Å². The summed E-state index contributed by atoms with van der Waals surface area (Å²) in [5, 5.41) is 0. The van der Waals surface area contributed by atoms with Crippen LogP contribution in [0, 0.1) is 17.8 Å². The van der Waals surface area contributed by atoms with E-state index in [2.05, 4.69) is 9.80 Å². The number of likely N-dealkylation sites (tertiary alicyclic amines) is 2. The highest BCUT2D eigenvalue weighted by Gasteiger charge is 2.43. The van der Waals surface area contributed by atoms with Gasteiger partial charge in [0.05, 0.1) is 6.10 Å². The highest BCUT2D eigenvalue weighted by molar-refractivity contribution is 5.79. The van der Waals surface area contributed by atoms with E-state index >= 15 is 0 Å². The van der Waals surface area contributed by atoms with Crippen LogP contribution in [0.4, 0.5) is 0 Å². The topological polar surface area (TPSA) is 32.8 Å². The molecule has 4 heteroatoms. The fourth-order valence-electron chi connectivity index (χ4n) is 4.49. The van der Waals surface area contributed by atoms with Crippen molar-refractivity contribution in [2.75, 3.05) is 39.3 Å². The van der Waals surface area contributed by atoms with Crippen molar-refractivity contribution in [2.24, 2.45) is 17.8 Å². The molecule has 1 saturated carbocycles. The molecule has 4 aliphatic rings. The van der Waals surface area contributed by atoms with Crippen molar-refractivity contribution in [2.45, 2.75) is 44.6 Å². The molecule has 0 spiro atoms. The molecule has 0 aromatic heterocycles. The number of ether oxygens (including phenoxy) is 1. The molecule has 3 aliphatic heterocycles. The standard InChI is InChI=1S/C17H28N2O2/c20-17(19-7-1-2-8-19)14-6-10-21-16-5-9-18(12-15(14)16)11-13-3-4-13/h13-16H,1-12H2/t14-,15+,16-/m1/s1. The predicted octanol–water partition coefficient (Wildman–Crippen LogP) is 1.75. The number of nitrogens with zero attached hydrogens (tertiary/aromatic N) is 2. The third-order valence-corrected chi connectivity index (χ3v) is 5.90. The van der Waals surface area contributed by atoms with Crippen LogP contribution < -0.4 is 0 Å². The molecule has 0 unspecified atom stereocenters. The van der Waals surface area contributed by atoms with E-state index in [4.69, 9.17) is 4.74 Å². The summed E-state index contributed by atoms with van der Waals surface area (Å²) in [6, 6.07) is 0. The summed E-state index contributed by atoms with van der Waals surface area (Å²) in [4.78, 5) is 17.6. The van der Waals surface area contributed by atoms with Gasteiger partial charge in [0.1, 0.15) is 0 Å². The maximum Gasteiger partial charge on any atom is 0.226 e. The lowest BCUT2D eigenvalue weighted by Gasteiger charge is -2.45. The van der Waals surface area contributed by atoms with E-state index in [1.165, 1.54) is 38.8 Å². The Morgan fingerprint density at radius 3 is 2.62 bits per heavy atom. The van der Waals surface area contributed by atoms with Gasteiger partial charge in [-0.2, -0.15) is 0 Å². The first-order chi connectivity index (χ1) is 10.3. The molecule has 4 nitrogen and oxygen atoms in total. The largest absolute Gasteiger partial charge is 0.378 e. The monoisotopic (exact) mass is 292 g/mol. The Morgan fingerprint density at radius 2 is 1.86 bits per heavy atom. The molecule has 1 amide bonds. The van der Waals surface area contributed by atoms with Crippen LogP contribution in [0.25, 0.3) is 0 Å². The third-order valence-electron chi connectivity index (χ3n) is 5.90. The summed E-state index contributed by atoms with van der Waals surface area (Å²) >= 11 is 0. The Hall–Kier alpha value is -0.610. The summed E-state index contributed by atoms with van der Waals surface area (Å²) in [7, 11) is 0. The number of piperidine rings is 1. The summed E-state index contributed by atoms with van der Waals surface area (Å²) in [5.74, 6) is 2.04. The fourth-order valence-corrected chi connectivity index (χ4v) is 4.49. The highest BCUT2D eigenvalue weighted by atomic mass is 16.5. The number of hydrogen-bond donors (Lipinski definition) is 0. The molecule has 3 saturated heterocycles. The second-order valence-electron chi connectivity index (χ2n) is 7.49. The van der Waals surface area contributed by atoms with E-state index in [0.29, 0.717) is 17.9 Å². The second kappa shape index (κ2) is 5.88. The molecule has 0 N–H and O–H groups in total. The lowest BCUT2D eigenvalue weighted by Crippen LogP contribution is -2.53. The number of hydrogen-bond acceptors (Lipinski definition) is 3. The van der Waals surface area contributed by atoms with Gasteiger partial charge in [0.25, 0.3) is 0 Å². The van der Waals surface area contributed by atoms with Crippen molar-refractivity contribution >= 4 is 5.91 Å². The molecule has 4 rings (SSSR count). The molecule has 0 aromatic rings. The van der Waals surface area contributed by atoms with E-state index in [0.717, 1.165) is 45.0 Å². The fraction of sp³-hybridized carbons (Fsp3) is 0.941. The molecule has 0 aromatic carbocycles. The van der Waals surface area contributed by atoms with Gasteiger partial charge in [0.15, 0.2) is 0 Å². The van der Waals surface area contributed by atoms with E-state index in [1.54, 1.807) is 0 Å². The van der Waals surface area contributed by atoms with Crippen LogP contribution in [0.5, 0.6) is 0 Å². The Bertz CT molecular complexity index is 390. The first-order valence-electron chi connectivity index (χ1n) is 8.94. The maximum atomic E-state index is 12.8. The molecule has 4 fully saturated rings. The minimum Gasteiger partial charge on any atom is -0.378 e. The van der Waals surface area contributed by atoms with E-state index < -0.39 is 0 Å². The van der Waals surface area contributed by atoms with E-state index in [1.807, 2.05) is 0 Å². The zero-order valence-corrected chi connectivity index (χ0v) is 13.0. The number of rotatable bonds is 3. The van der Waals surface area contributed by atoms with Crippen molar-refractivity contribution in [1.82, 2.24) is 9.80 Å². The van der Waals surface area contributed by atoms with E-state index in [-0.39, 0.29) is 5.92 Å². The summed E-state index contributed by atoms with van der Waals surface area (Å²) in [5.41, 5.74) is 0. The van der Waals surface area contributed by atoms with Crippen LogP contribution in [0.1, 0.15) is 38.5 Å². The second-order valence-corrected chi connectivity index (χ2v) is 7.49. The van der Waals surface area contributed by atoms with Crippen LogP contribution in [-0.4, -0.2) is 61.1 Å². The Kier molecular flexibility index (Phi) is 3.92. The minimum absolute atomic E-state index is 0.226. The van der Waals surface area contributed by atoms with Gasteiger partial charge in [-0.25, -0.2) is 0 Å². The average Bonchev–Trinajstić information content (AvgIpc) is 3.16. The van der Waals surface area contributed by atoms with Crippen molar-refractivity contribution in [3.05, 3.63) is 0 Å². The van der Waals surface area contributed by atoms with Crippen molar-refractivity contribution < 1.29 is 9.53 Å². The predicted molar refractivity (Wildman–Crippen MR) is 80.9 cm³/mol. The number of fused-ring (bicyclic) bond motifs is 1. The Morgan fingerprint density at radius 1 is 1.05 bits per heavy atom. The molecule has 118 valence electrons. The Labute approximate surface area is 127 Å². The normalized spacial score (nSPS) is 37.5. The van der Waals surface area contributed by atoms with Crippen molar-refractivity contribution in [3.63, 3.8) is 0 Å².